The van der Waals surface area contributed by atoms with Crippen LogP contribution in [-0.4, -0.2) is 75.2 Å². The number of piperazine rings is 1. The van der Waals surface area contributed by atoms with Crippen molar-refractivity contribution in [1.29, 1.82) is 0 Å². The highest BCUT2D eigenvalue weighted by molar-refractivity contribution is 7.89. The number of benzene rings is 1. The van der Waals surface area contributed by atoms with Gasteiger partial charge in [-0.05, 0) is 32.3 Å². The Hall–Kier alpha value is -0.860. The average molecular weight is 380 g/mol. The lowest BCUT2D eigenvalue weighted by Gasteiger charge is -2.34. The van der Waals surface area contributed by atoms with Crippen LogP contribution in [0.4, 0.5) is 0 Å². The predicted octanol–water partition coefficient (Wildman–Crippen LogP) is 1.39. The molecule has 6 nitrogen and oxygen atoms in total. The zero-order chi connectivity index (χ0) is 17.2. The number of hydrogen-bond donors (Lipinski definition) is 0. The Kier molecular flexibility index (Phi) is 5.91. The molecule has 0 saturated carbocycles. The summed E-state index contributed by atoms with van der Waals surface area (Å²) >= 11 is 11.7. The SMILES string of the molecule is CN(C)CC(=O)N1CCN(S(=O)(=O)c2ccc(Cl)c(Cl)c2)CC1. The van der Waals surface area contributed by atoms with E-state index in [0.717, 1.165) is 0 Å². The van der Waals surface area contributed by atoms with Crippen molar-refractivity contribution < 1.29 is 13.2 Å². The quantitative estimate of drug-likeness (QED) is 0.792. The number of nitrogens with zero attached hydrogens (tertiary/aromatic N) is 3. The molecule has 0 spiro atoms. The minimum absolute atomic E-state index is 0.00147. The summed E-state index contributed by atoms with van der Waals surface area (Å²) < 4.78 is 26.6. The van der Waals surface area contributed by atoms with E-state index < -0.39 is 10.0 Å². The van der Waals surface area contributed by atoms with E-state index in [4.69, 9.17) is 23.2 Å². The van der Waals surface area contributed by atoms with Crippen LogP contribution in [0, 0.1) is 0 Å². The summed E-state index contributed by atoms with van der Waals surface area (Å²) in [6.07, 6.45) is 0. The zero-order valence-corrected chi connectivity index (χ0v) is 15.3. The van der Waals surface area contributed by atoms with Gasteiger partial charge in [0.05, 0.1) is 21.5 Å². The summed E-state index contributed by atoms with van der Waals surface area (Å²) in [5, 5.41) is 0.511. The molecule has 0 aromatic heterocycles. The molecule has 0 unspecified atom stereocenters. The second kappa shape index (κ2) is 7.36. The fourth-order valence-electron chi connectivity index (χ4n) is 2.33. The third-order valence-corrected chi connectivity index (χ3v) is 6.21. The van der Waals surface area contributed by atoms with Gasteiger partial charge in [-0.25, -0.2) is 8.42 Å². The molecule has 9 heteroatoms. The zero-order valence-electron chi connectivity index (χ0n) is 13.0. The molecular weight excluding hydrogens is 361 g/mol. The van der Waals surface area contributed by atoms with Gasteiger partial charge in [0, 0.05) is 26.2 Å². The monoisotopic (exact) mass is 379 g/mol. The fourth-order valence-corrected chi connectivity index (χ4v) is 4.15. The smallest absolute Gasteiger partial charge is 0.243 e. The molecule has 1 fully saturated rings. The molecule has 1 aliphatic rings. The molecule has 1 heterocycles. The largest absolute Gasteiger partial charge is 0.339 e. The normalized spacial score (nSPS) is 16.8. The van der Waals surface area contributed by atoms with E-state index >= 15 is 0 Å². The summed E-state index contributed by atoms with van der Waals surface area (Å²) in [7, 11) is 0.0130. The first-order valence-electron chi connectivity index (χ1n) is 7.09. The maximum absolute atomic E-state index is 12.6. The molecule has 0 atom stereocenters. The van der Waals surface area contributed by atoms with Gasteiger partial charge in [0.1, 0.15) is 0 Å². The van der Waals surface area contributed by atoms with Crippen LogP contribution < -0.4 is 0 Å². The molecule has 1 amide bonds. The van der Waals surface area contributed by atoms with Crippen molar-refractivity contribution in [1.82, 2.24) is 14.1 Å². The lowest BCUT2D eigenvalue weighted by molar-refractivity contribution is -0.133. The summed E-state index contributed by atoms with van der Waals surface area (Å²) in [4.78, 5) is 15.6. The summed E-state index contributed by atoms with van der Waals surface area (Å²) in [6.45, 7) is 1.61. The van der Waals surface area contributed by atoms with Crippen LogP contribution in [-0.2, 0) is 14.8 Å². The number of likely N-dealkylation sites (N-methyl/N-ethyl adjacent to an activating group) is 1. The lowest BCUT2D eigenvalue weighted by Crippen LogP contribution is -2.52. The van der Waals surface area contributed by atoms with Crippen molar-refractivity contribution in [3.63, 3.8) is 0 Å². The molecular formula is C14H19Cl2N3O3S. The van der Waals surface area contributed by atoms with Crippen LogP contribution in [0.2, 0.25) is 10.0 Å². The van der Waals surface area contributed by atoms with Gasteiger partial charge in [0.2, 0.25) is 15.9 Å². The molecule has 128 valence electrons. The molecule has 1 saturated heterocycles. The van der Waals surface area contributed by atoms with Gasteiger partial charge in [0.25, 0.3) is 0 Å². The van der Waals surface area contributed by atoms with E-state index in [9.17, 15) is 13.2 Å². The molecule has 0 bridgehead atoms. The van der Waals surface area contributed by atoms with Crippen LogP contribution in [0.25, 0.3) is 0 Å². The van der Waals surface area contributed by atoms with Crippen LogP contribution in [0.15, 0.2) is 23.1 Å². The number of hydrogen-bond acceptors (Lipinski definition) is 4. The standard InChI is InChI=1S/C14H19Cl2N3O3S/c1-17(2)10-14(20)18-5-7-19(8-6-18)23(21,22)11-3-4-12(15)13(16)9-11/h3-4,9H,5-8,10H2,1-2H3. The van der Waals surface area contributed by atoms with Gasteiger partial charge in [-0.15, -0.1) is 0 Å². The lowest BCUT2D eigenvalue weighted by atomic mass is 10.3. The van der Waals surface area contributed by atoms with Crippen LogP contribution in [0.1, 0.15) is 0 Å². The Morgan fingerprint density at radius 1 is 1.13 bits per heavy atom. The van der Waals surface area contributed by atoms with E-state index in [1.165, 1.54) is 22.5 Å². The van der Waals surface area contributed by atoms with Gasteiger partial charge >= 0.3 is 0 Å². The summed E-state index contributed by atoms with van der Waals surface area (Å²) in [5.41, 5.74) is 0. The van der Waals surface area contributed by atoms with Crippen LogP contribution >= 0.6 is 23.2 Å². The topological polar surface area (TPSA) is 60.9 Å². The number of halogens is 2. The Morgan fingerprint density at radius 2 is 1.74 bits per heavy atom. The van der Waals surface area contributed by atoms with Crippen LogP contribution in [0.3, 0.4) is 0 Å². The maximum atomic E-state index is 12.6. The molecule has 0 N–H and O–H groups in total. The highest BCUT2D eigenvalue weighted by Crippen LogP contribution is 2.27. The number of carbonyl (C=O) groups excluding carboxylic acids is 1. The summed E-state index contributed by atoms with van der Waals surface area (Å²) in [6, 6.07) is 4.25. The van der Waals surface area contributed by atoms with Gasteiger partial charge < -0.3 is 9.80 Å². The Labute approximate surface area is 146 Å². The van der Waals surface area contributed by atoms with Gasteiger partial charge in [-0.1, -0.05) is 23.2 Å². The predicted molar refractivity (Wildman–Crippen MR) is 90.4 cm³/mol. The Bertz CT molecular complexity index is 687. The molecule has 0 radical (unpaired) electrons. The van der Waals surface area contributed by atoms with Crippen molar-refractivity contribution >= 4 is 39.1 Å². The van der Waals surface area contributed by atoms with Crippen molar-refractivity contribution in [2.45, 2.75) is 4.90 Å². The third-order valence-electron chi connectivity index (χ3n) is 3.57. The highest BCUT2D eigenvalue weighted by Gasteiger charge is 2.30. The second-order valence-electron chi connectivity index (χ2n) is 5.60. The van der Waals surface area contributed by atoms with E-state index in [1.807, 2.05) is 14.1 Å². The fraction of sp³-hybridized carbons (Fsp3) is 0.500. The first-order chi connectivity index (χ1) is 10.7. The minimum Gasteiger partial charge on any atom is -0.339 e. The van der Waals surface area contributed by atoms with Crippen molar-refractivity contribution in [2.75, 3.05) is 46.8 Å². The number of sulfonamides is 1. The van der Waals surface area contributed by atoms with E-state index in [1.54, 1.807) is 9.80 Å². The van der Waals surface area contributed by atoms with E-state index in [0.29, 0.717) is 24.7 Å². The molecule has 2 rings (SSSR count). The first kappa shape index (κ1) is 18.5. The minimum atomic E-state index is -3.63. The van der Waals surface area contributed by atoms with E-state index in [-0.39, 0.29) is 28.9 Å². The first-order valence-corrected chi connectivity index (χ1v) is 9.29. The third kappa shape index (κ3) is 4.36. The van der Waals surface area contributed by atoms with Crippen molar-refractivity contribution in [2.24, 2.45) is 0 Å². The Morgan fingerprint density at radius 3 is 2.26 bits per heavy atom. The molecule has 1 aliphatic heterocycles. The highest BCUT2D eigenvalue weighted by atomic mass is 35.5. The summed E-state index contributed by atoms with van der Waals surface area (Å²) in [5.74, 6) is 0.00147. The molecule has 23 heavy (non-hydrogen) atoms. The average Bonchev–Trinajstić information content (AvgIpc) is 2.49. The van der Waals surface area contributed by atoms with Crippen molar-refractivity contribution in [3.8, 4) is 0 Å². The Balaban J connectivity index is 2.06. The van der Waals surface area contributed by atoms with Gasteiger partial charge in [-0.2, -0.15) is 4.31 Å². The van der Waals surface area contributed by atoms with Crippen molar-refractivity contribution in [3.05, 3.63) is 28.2 Å². The second-order valence-corrected chi connectivity index (χ2v) is 8.35. The molecule has 1 aromatic rings. The van der Waals surface area contributed by atoms with E-state index in [2.05, 4.69) is 0 Å². The number of carbonyl (C=O) groups is 1. The number of amides is 1. The molecule has 0 aliphatic carbocycles. The van der Waals surface area contributed by atoms with Gasteiger partial charge in [-0.3, -0.25) is 4.79 Å². The number of rotatable bonds is 4. The maximum Gasteiger partial charge on any atom is 0.243 e. The molecule has 1 aromatic carbocycles. The van der Waals surface area contributed by atoms with Gasteiger partial charge in [0.15, 0.2) is 0 Å². The van der Waals surface area contributed by atoms with Crippen LogP contribution in [0.5, 0.6) is 0 Å².